The van der Waals surface area contributed by atoms with E-state index in [0.29, 0.717) is 34.9 Å². The number of sulfone groups is 1. The standard InChI is InChI=1S/C23H26F2N4O2S2/c1-2-3-13-27(21-12-14-33(30,31)15-21)16-28-23(32)29(20-10-8-19(25)9-11-20)22(26-28)17-4-6-18(24)7-5-17/h4-11,21H,2-3,12-16H2,1H3/t21-/m0/s1. The van der Waals surface area contributed by atoms with Gasteiger partial charge in [-0.1, -0.05) is 13.3 Å². The topological polar surface area (TPSA) is 60.1 Å². The van der Waals surface area contributed by atoms with Crippen LogP contribution >= 0.6 is 12.2 Å². The van der Waals surface area contributed by atoms with Gasteiger partial charge in [0.2, 0.25) is 4.77 Å². The molecule has 1 atom stereocenters. The van der Waals surface area contributed by atoms with Crippen molar-refractivity contribution in [2.45, 2.75) is 38.9 Å². The summed E-state index contributed by atoms with van der Waals surface area (Å²) >= 11 is 5.75. The molecule has 0 radical (unpaired) electrons. The lowest BCUT2D eigenvalue weighted by atomic mass is 10.2. The average molecular weight is 493 g/mol. The monoisotopic (exact) mass is 492 g/mol. The van der Waals surface area contributed by atoms with E-state index in [1.165, 1.54) is 24.3 Å². The summed E-state index contributed by atoms with van der Waals surface area (Å²) in [5.74, 6) is 0.0953. The SMILES string of the molecule is CCCCN(Cn1nc(-c2ccc(F)cc2)n(-c2ccc(F)cc2)c1=S)[C@H]1CCS(=O)(=O)C1. The Kier molecular flexibility index (Phi) is 7.06. The number of hydrogen-bond donors (Lipinski definition) is 0. The molecule has 1 aliphatic heterocycles. The van der Waals surface area contributed by atoms with Crippen LogP contribution in [-0.4, -0.2) is 51.8 Å². The van der Waals surface area contributed by atoms with Gasteiger partial charge < -0.3 is 0 Å². The fourth-order valence-corrected chi connectivity index (χ4v) is 6.13. The van der Waals surface area contributed by atoms with Crippen LogP contribution in [0.2, 0.25) is 0 Å². The van der Waals surface area contributed by atoms with Gasteiger partial charge in [0.25, 0.3) is 0 Å². The second-order valence-corrected chi connectivity index (χ2v) is 10.9. The van der Waals surface area contributed by atoms with Crippen LogP contribution in [0.4, 0.5) is 8.78 Å². The van der Waals surface area contributed by atoms with Crippen molar-refractivity contribution in [3.8, 4) is 17.1 Å². The molecular weight excluding hydrogens is 466 g/mol. The smallest absolute Gasteiger partial charge is 0.204 e. The minimum Gasteiger partial charge on any atom is -0.280 e. The molecule has 0 bridgehead atoms. The molecule has 0 aliphatic carbocycles. The van der Waals surface area contributed by atoms with Crippen LogP contribution in [0.1, 0.15) is 26.2 Å². The number of hydrogen-bond acceptors (Lipinski definition) is 5. The molecule has 0 spiro atoms. The molecule has 2 heterocycles. The normalized spacial score (nSPS) is 17.6. The molecule has 176 valence electrons. The Hall–Kier alpha value is -2.43. The molecule has 1 aromatic heterocycles. The molecule has 2 aromatic carbocycles. The molecule has 0 unspecified atom stereocenters. The van der Waals surface area contributed by atoms with Gasteiger partial charge in [-0.3, -0.25) is 9.47 Å². The van der Waals surface area contributed by atoms with Crippen molar-refractivity contribution < 1.29 is 17.2 Å². The first kappa shape index (κ1) is 23.7. The highest BCUT2D eigenvalue weighted by Crippen LogP contribution is 2.25. The Labute approximate surface area is 197 Å². The zero-order valence-electron chi connectivity index (χ0n) is 18.3. The van der Waals surface area contributed by atoms with E-state index >= 15 is 0 Å². The maximum Gasteiger partial charge on any atom is 0.204 e. The van der Waals surface area contributed by atoms with Crippen molar-refractivity contribution in [1.82, 2.24) is 19.2 Å². The highest BCUT2D eigenvalue weighted by molar-refractivity contribution is 7.91. The molecule has 1 saturated heterocycles. The maximum absolute atomic E-state index is 13.5. The molecule has 0 N–H and O–H groups in total. The lowest BCUT2D eigenvalue weighted by Crippen LogP contribution is -2.38. The van der Waals surface area contributed by atoms with Crippen molar-refractivity contribution in [3.05, 3.63) is 64.9 Å². The fraction of sp³-hybridized carbons (Fsp3) is 0.391. The van der Waals surface area contributed by atoms with Gasteiger partial charge in [-0.25, -0.2) is 21.9 Å². The number of halogens is 2. The molecule has 0 saturated carbocycles. The third-order valence-corrected chi connectivity index (χ3v) is 8.01. The lowest BCUT2D eigenvalue weighted by Gasteiger charge is -2.27. The number of unbranched alkanes of at least 4 members (excludes halogenated alkanes) is 1. The van der Waals surface area contributed by atoms with Crippen LogP contribution in [0.3, 0.4) is 0 Å². The molecule has 10 heteroatoms. The van der Waals surface area contributed by atoms with Gasteiger partial charge in [0, 0.05) is 18.2 Å². The quantitative estimate of drug-likeness (QED) is 0.431. The maximum atomic E-state index is 13.5. The summed E-state index contributed by atoms with van der Waals surface area (Å²) in [5.41, 5.74) is 1.30. The molecule has 0 amide bonds. The summed E-state index contributed by atoms with van der Waals surface area (Å²) in [7, 11) is -3.04. The summed E-state index contributed by atoms with van der Waals surface area (Å²) in [5, 5.41) is 4.73. The van der Waals surface area contributed by atoms with Crippen LogP contribution in [0.25, 0.3) is 17.1 Å². The zero-order valence-corrected chi connectivity index (χ0v) is 20.0. The number of aromatic nitrogens is 3. The fourth-order valence-electron chi connectivity index (χ4n) is 4.07. The van der Waals surface area contributed by atoms with Gasteiger partial charge in [0.05, 0.1) is 23.9 Å². The summed E-state index contributed by atoms with van der Waals surface area (Å²) in [6, 6.07) is 11.8. The highest BCUT2D eigenvalue weighted by atomic mass is 32.2. The number of benzene rings is 2. The molecule has 3 aromatic rings. The Morgan fingerprint density at radius 2 is 1.73 bits per heavy atom. The summed E-state index contributed by atoms with van der Waals surface area (Å²) in [6.07, 6.45) is 2.49. The van der Waals surface area contributed by atoms with E-state index in [-0.39, 0.29) is 29.2 Å². The number of rotatable bonds is 8. The zero-order chi connectivity index (χ0) is 23.6. The van der Waals surface area contributed by atoms with Crippen LogP contribution in [0.15, 0.2) is 48.5 Å². The van der Waals surface area contributed by atoms with E-state index in [1.807, 2.05) is 0 Å². The van der Waals surface area contributed by atoms with Gasteiger partial charge in [0.15, 0.2) is 15.7 Å². The predicted octanol–water partition coefficient (Wildman–Crippen LogP) is 4.60. The minimum absolute atomic E-state index is 0.0892. The third kappa shape index (κ3) is 5.39. The van der Waals surface area contributed by atoms with Crippen LogP contribution in [0.5, 0.6) is 0 Å². The second kappa shape index (κ2) is 9.82. The van der Waals surface area contributed by atoms with Gasteiger partial charge in [-0.05, 0) is 73.6 Å². The van der Waals surface area contributed by atoms with Crippen molar-refractivity contribution in [1.29, 1.82) is 0 Å². The minimum atomic E-state index is -3.04. The summed E-state index contributed by atoms with van der Waals surface area (Å²) in [4.78, 5) is 2.13. The van der Waals surface area contributed by atoms with Gasteiger partial charge in [-0.2, -0.15) is 0 Å². The highest BCUT2D eigenvalue weighted by Gasteiger charge is 2.32. The Morgan fingerprint density at radius 1 is 1.09 bits per heavy atom. The van der Waals surface area contributed by atoms with Crippen molar-refractivity contribution in [2.75, 3.05) is 18.1 Å². The first-order valence-electron chi connectivity index (χ1n) is 10.9. The van der Waals surface area contributed by atoms with Crippen molar-refractivity contribution in [3.63, 3.8) is 0 Å². The molecule has 6 nitrogen and oxygen atoms in total. The van der Waals surface area contributed by atoms with E-state index < -0.39 is 9.84 Å². The van der Waals surface area contributed by atoms with Crippen LogP contribution in [0, 0.1) is 16.4 Å². The third-order valence-electron chi connectivity index (χ3n) is 5.87. The Balaban J connectivity index is 1.76. The largest absolute Gasteiger partial charge is 0.280 e. The molecule has 1 fully saturated rings. The second-order valence-electron chi connectivity index (χ2n) is 8.29. The molecular formula is C23H26F2N4O2S2. The van der Waals surface area contributed by atoms with Gasteiger partial charge in [0.1, 0.15) is 11.6 Å². The van der Waals surface area contributed by atoms with Crippen LogP contribution < -0.4 is 0 Å². The van der Waals surface area contributed by atoms with Crippen molar-refractivity contribution >= 4 is 22.1 Å². The van der Waals surface area contributed by atoms with Crippen molar-refractivity contribution in [2.24, 2.45) is 0 Å². The van der Waals surface area contributed by atoms with E-state index in [9.17, 15) is 17.2 Å². The van der Waals surface area contributed by atoms with Gasteiger partial charge in [-0.15, -0.1) is 5.10 Å². The Morgan fingerprint density at radius 3 is 2.30 bits per heavy atom. The first-order chi connectivity index (χ1) is 15.8. The summed E-state index contributed by atoms with van der Waals surface area (Å²) < 4.78 is 55.0. The van der Waals surface area contributed by atoms with Crippen LogP contribution in [-0.2, 0) is 16.5 Å². The predicted molar refractivity (Wildman–Crippen MR) is 126 cm³/mol. The van der Waals surface area contributed by atoms with E-state index in [2.05, 4.69) is 11.8 Å². The summed E-state index contributed by atoms with van der Waals surface area (Å²) in [6.45, 7) is 3.15. The van der Waals surface area contributed by atoms with E-state index in [1.54, 1.807) is 33.5 Å². The molecule has 33 heavy (non-hydrogen) atoms. The number of nitrogens with zero attached hydrogens (tertiary/aromatic N) is 4. The average Bonchev–Trinajstić information content (AvgIpc) is 3.31. The molecule has 4 rings (SSSR count). The first-order valence-corrected chi connectivity index (χ1v) is 13.2. The molecule has 1 aliphatic rings. The van der Waals surface area contributed by atoms with Gasteiger partial charge >= 0.3 is 0 Å². The Bertz CT molecular complexity index is 1270. The van der Waals surface area contributed by atoms with E-state index in [0.717, 1.165) is 19.4 Å². The van der Waals surface area contributed by atoms with E-state index in [4.69, 9.17) is 17.3 Å². The lowest BCUT2D eigenvalue weighted by molar-refractivity contribution is 0.152.